The second kappa shape index (κ2) is 8.75. The lowest BCUT2D eigenvalue weighted by atomic mass is 9.60. The molecule has 4 fully saturated rings. The highest BCUT2D eigenvalue weighted by Gasteiger charge is 2.51. The molecule has 0 amide bonds. The van der Waals surface area contributed by atoms with E-state index < -0.39 is 0 Å². The molecule has 3 saturated carbocycles. The summed E-state index contributed by atoms with van der Waals surface area (Å²) in [4.78, 5) is 11.7. The highest BCUT2D eigenvalue weighted by atomic mass is 16.5. The summed E-state index contributed by atoms with van der Waals surface area (Å²) in [7, 11) is 0. The van der Waals surface area contributed by atoms with Gasteiger partial charge in [0.2, 0.25) is 0 Å². The topological polar surface area (TPSA) is 26.3 Å². The molecule has 0 spiro atoms. The summed E-state index contributed by atoms with van der Waals surface area (Å²) in [6.07, 6.45) is 15.7. The molecule has 7 atom stereocenters. The molecular weight excluding hydrogens is 380 g/mol. The number of hydrogen-bond acceptors (Lipinski definition) is 2. The Kier molecular flexibility index (Phi) is 6.39. The quantitative estimate of drug-likeness (QED) is 0.265. The molecule has 1 saturated heterocycles. The highest BCUT2D eigenvalue weighted by molar-refractivity contribution is 5.89. The average Bonchev–Trinajstić information content (AvgIpc) is 3.22. The molecule has 1 unspecified atom stereocenters. The molecule has 1 heterocycles. The molecule has 0 aromatic heterocycles. The zero-order valence-electron chi connectivity index (χ0n) is 20.2. The van der Waals surface area contributed by atoms with Crippen LogP contribution in [0.4, 0.5) is 0 Å². The van der Waals surface area contributed by atoms with Crippen molar-refractivity contribution in [2.45, 2.75) is 91.6 Å². The summed E-state index contributed by atoms with van der Waals surface area (Å²) in [6.45, 7) is 17.8. The van der Waals surface area contributed by atoms with Gasteiger partial charge in [0.05, 0.1) is 0 Å². The zero-order valence-corrected chi connectivity index (χ0v) is 20.2. The maximum absolute atomic E-state index is 11.7. The van der Waals surface area contributed by atoms with Crippen molar-refractivity contribution in [3.63, 3.8) is 0 Å². The van der Waals surface area contributed by atoms with E-state index in [1.54, 1.807) is 11.1 Å². The molecule has 2 heteroatoms. The van der Waals surface area contributed by atoms with Crippen LogP contribution in [0.15, 0.2) is 47.6 Å². The SMILES string of the molecule is C=C1C[C@@H](C[C@@H](C)C2CC[C@H]3/C(=C/C=C4C[C@@H](C)C(=C)[C@H](C)C4)CCC[C@]23C)OC1=O. The number of fused-ring (bicyclic) bond motifs is 1. The number of allylic oxidation sites excluding steroid dienone is 5. The Morgan fingerprint density at radius 2 is 1.84 bits per heavy atom. The first-order valence-electron chi connectivity index (χ1n) is 12.6. The molecule has 2 nitrogen and oxygen atoms in total. The summed E-state index contributed by atoms with van der Waals surface area (Å²) in [5, 5.41) is 0. The van der Waals surface area contributed by atoms with Gasteiger partial charge in [-0.1, -0.05) is 69.7 Å². The Balaban J connectivity index is 1.45. The van der Waals surface area contributed by atoms with E-state index in [9.17, 15) is 4.79 Å². The Hall–Kier alpha value is -1.57. The molecular formula is C29H42O2. The van der Waals surface area contributed by atoms with E-state index >= 15 is 0 Å². The molecule has 4 rings (SSSR count). The van der Waals surface area contributed by atoms with Gasteiger partial charge < -0.3 is 4.74 Å². The van der Waals surface area contributed by atoms with E-state index in [1.807, 2.05) is 0 Å². The fourth-order valence-corrected chi connectivity index (χ4v) is 7.54. The first kappa shape index (κ1) is 22.6. The molecule has 0 bridgehead atoms. The van der Waals surface area contributed by atoms with E-state index in [0.717, 1.165) is 24.7 Å². The van der Waals surface area contributed by atoms with Gasteiger partial charge in [-0.2, -0.15) is 0 Å². The van der Waals surface area contributed by atoms with Gasteiger partial charge in [0.15, 0.2) is 0 Å². The predicted octanol–water partition coefficient (Wildman–Crippen LogP) is 7.58. The van der Waals surface area contributed by atoms with Crippen LogP contribution in [-0.2, 0) is 9.53 Å². The van der Waals surface area contributed by atoms with Crippen LogP contribution in [0.3, 0.4) is 0 Å². The molecule has 0 aromatic carbocycles. The van der Waals surface area contributed by atoms with Crippen LogP contribution in [0.1, 0.15) is 85.5 Å². The maximum Gasteiger partial charge on any atom is 0.333 e. The van der Waals surface area contributed by atoms with Gasteiger partial charge in [0, 0.05) is 12.0 Å². The summed E-state index contributed by atoms with van der Waals surface area (Å²) in [5.41, 5.74) is 5.78. The standard InChI is InChI=1S/C29H42O2/c1-18-14-23(15-19(2)22(18)5)9-10-24-8-7-13-29(6)26(11-12-27(24)29)20(3)16-25-17-21(4)28(30)31-25/h9-10,18-20,25-27H,4-5,7-8,11-17H2,1-3,6H3/b24-10+/t18-,19-,20-,25-,26?,27+,29-/m1/s1. The van der Waals surface area contributed by atoms with Crippen LogP contribution in [-0.4, -0.2) is 12.1 Å². The number of hydrogen-bond donors (Lipinski definition) is 0. The molecule has 4 aliphatic rings. The number of carbonyl (C=O) groups is 1. The minimum Gasteiger partial charge on any atom is -0.459 e. The Morgan fingerprint density at radius 3 is 2.48 bits per heavy atom. The summed E-state index contributed by atoms with van der Waals surface area (Å²) >= 11 is 0. The number of ether oxygens (including phenoxy) is 1. The third-order valence-electron chi connectivity index (χ3n) is 9.33. The van der Waals surface area contributed by atoms with Crippen molar-refractivity contribution in [1.29, 1.82) is 0 Å². The lowest BCUT2D eigenvalue weighted by molar-refractivity contribution is -0.139. The molecule has 170 valence electrons. The van der Waals surface area contributed by atoms with Crippen molar-refractivity contribution < 1.29 is 9.53 Å². The van der Waals surface area contributed by atoms with Crippen LogP contribution in [0.5, 0.6) is 0 Å². The van der Waals surface area contributed by atoms with E-state index in [4.69, 9.17) is 4.74 Å². The van der Waals surface area contributed by atoms with Crippen molar-refractivity contribution in [3.05, 3.63) is 47.6 Å². The number of cyclic esters (lactones) is 1. The number of esters is 1. The van der Waals surface area contributed by atoms with Gasteiger partial charge in [-0.15, -0.1) is 0 Å². The number of carbonyl (C=O) groups excluding carboxylic acids is 1. The molecule has 1 aliphatic heterocycles. The van der Waals surface area contributed by atoms with Crippen molar-refractivity contribution in [1.82, 2.24) is 0 Å². The minimum atomic E-state index is -0.182. The summed E-state index contributed by atoms with van der Waals surface area (Å²) in [6, 6.07) is 0. The first-order valence-corrected chi connectivity index (χ1v) is 12.6. The van der Waals surface area contributed by atoms with Gasteiger partial charge in [0.25, 0.3) is 0 Å². The van der Waals surface area contributed by atoms with Gasteiger partial charge in [-0.3, -0.25) is 0 Å². The molecule has 31 heavy (non-hydrogen) atoms. The van der Waals surface area contributed by atoms with E-state index in [2.05, 4.69) is 53.0 Å². The number of rotatable bonds is 4. The lowest BCUT2D eigenvalue weighted by Gasteiger charge is -2.44. The first-order chi connectivity index (χ1) is 14.7. The second-order valence-electron chi connectivity index (χ2n) is 11.5. The summed E-state index contributed by atoms with van der Waals surface area (Å²) in [5.74, 6) is 3.07. The van der Waals surface area contributed by atoms with Crippen molar-refractivity contribution in [2.24, 2.45) is 35.0 Å². The largest absolute Gasteiger partial charge is 0.459 e. The normalized spacial score (nSPS) is 40.8. The fraction of sp³-hybridized carbons (Fsp3) is 0.690. The van der Waals surface area contributed by atoms with E-state index in [1.165, 1.54) is 50.5 Å². The molecule has 0 aromatic rings. The lowest BCUT2D eigenvalue weighted by Crippen LogP contribution is -2.36. The molecule has 3 aliphatic carbocycles. The van der Waals surface area contributed by atoms with Crippen molar-refractivity contribution >= 4 is 5.97 Å². The van der Waals surface area contributed by atoms with Gasteiger partial charge in [0.1, 0.15) is 6.10 Å². The zero-order chi connectivity index (χ0) is 22.3. The van der Waals surface area contributed by atoms with Crippen LogP contribution in [0, 0.1) is 35.0 Å². The van der Waals surface area contributed by atoms with Crippen molar-refractivity contribution in [3.8, 4) is 0 Å². The average molecular weight is 423 g/mol. The Labute approximate surface area is 189 Å². The van der Waals surface area contributed by atoms with Crippen LogP contribution >= 0.6 is 0 Å². The van der Waals surface area contributed by atoms with Gasteiger partial charge in [-0.25, -0.2) is 4.79 Å². The Morgan fingerprint density at radius 1 is 1.13 bits per heavy atom. The third kappa shape index (κ3) is 4.37. The maximum atomic E-state index is 11.7. The van der Waals surface area contributed by atoms with Crippen LogP contribution < -0.4 is 0 Å². The highest BCUT2D eigenvalue weighted by Crippen LogP contribution is 2.60. The fourth-order valence-electron chi connectivity index (χ4n) is 7.54. The minimum absolute atomic E-state index is 0.0472. The van der Waals surface area contributed by atoms with Gasteiger partial charge >= 0.3 is 5.97 Å². The molecule has 0 N–H and O–H groups in total. The third-order valence-corrected chi connectivity index (χ3v) is 9.33. The van der Waals surface area contributed by atoms with E-state index in [0.29, 0.717) is 28.7 Å². The predicted molar refractivity (Wildman–Crippen MR) is 128 cm³/mol. The Bertz CT molecular complexity index is 783. The van der Waals surface area contributed by atoms with Crippen LogP contribution in [0.25, 0.3) is 0 Å². The van der Waals surface area contributed by atoms with E-state index in [-0.39, 0.29) is 12.1 Å². The summed E-state index contributed by atoms with van der Waals surface area (Å²) < 4.78 is 5.56. The van der Waals surface area contributed by atoms with Gasteiger partial charge in [-0.05, 0) is 86.4 Å². The van der Waals surface area contributed by atoms with Crippen LogP contribution in [0.2, 0.25) is 0 Å². The van der Waals surface area contributed by atoms with Crippen molar-refractivity contribution in [2.75, 3.05) is 0 Å². The smallest absolute Gasteiger partial charge is 0.333 e. The second-order valence-corrected chi connectivity index (χ2v) is 11.5. The molecule has 0 radical (unpaired) electrons. The monoisotopic (exact) mass is 422 g/mol.